The van der Waals surface area contributed by atoms with Crippen molar-refractivity contribution in [1.82, 2.24) is 9.88 Å². The molecule has 1 aromatic heterocycles. The molecule has 118 valence electrons. The molecule has 0 bridgehead atoms. The van der Waals surface area contributed by atoms with Gasteiger partial charge in [0, 0.05) is 25.2 Å². The Morgan fingerprint density at radius 3 is 2.67 bits per heavy atom. The van der Waals surface area contributed by atoms with Gasteiger partial charge < -0.3 is 9.80 Å². The largest absolute Gasteiger partial charge is 0.359 e. The topological polar surface area (TPSA) is 19.4 Å². The minimum atomic E-state index is 0.564. The number of hydrogen-bond acceptors (Lipinski definition) is 3. The Labute approximate surface area is 134 Å². The van der Waals surface area contributed by atoms with Crippen LogP contribution in [0.2, 0.25) is 0 Å². The monoisotopic (exact) mass is 309 g/mol. The van der Waals surface area contributed by atoms with E-state index in [9.17, 15) is 0 Å². The summed E-state index contributed by atoms with van der Waals surface area (Å²) in [6.07, 6.45) is 4.73. The number of aromatic nitrogens is 1. The van der Waals surface area contributed by atoms with Crippen LogP contribution < -0.4 is 4.90 Å². The van der Waals surface area contributed by atoms with Gasteiger partial charge in [0.25, 0.3) is 0 Å². The molecule has 1 aromatic rings. The van der Waals surface area contributed by atoms with Crippen molar-refractivity contribution in [3.05, 3.63) is 23.4 Å². The molecule has 0 aliphatic carbocycles. The number of rotatable bonds is 6. The number of anilines is 1. The highest BCUT2D eigenvalue weighted by Crippen LogP contribution is 2.21. The van der Waals surface area contributed by atoms with Gasteiger partial charge in [-0.25, -0.2) is 4.98 Å². The molecule has 0 spiro atoms. The third kappa shape index (κ3) is 4.86. The van der Waals surface area contributed by atoms with Crippen molar-refractivity contribution >= 4 is 17.4 Å². The standard InChI is InChI=1S/C17H28ClN3/c1-4-5-16-10-15(12-18)11-17(19-16)21(3)13-14-6-8-20(2)9-7-14/h10-11,14H,4-9,12-13H2,1-3H3. The highest BCUT2D eigenvalue weighted by molar-refractivity contribution is 6.17. The number of alkyl halides is 1. The predicted octanol–water partition coefficient (Wildman–Crippen LogP) is 3.55. The summed E-state index contributed by atoms with van der Waals surface area (Å²) in [4.78, 5) is 9.54. The summed E-state index contributed by atoms with van der Waals surface area (Å²) in [6, 6.07) is 4.28. The fraction of sp³-hybridized carbons (Fsp3) is 0.706. The molecule has 2 heterocycles. The molecule has 0 radical (unpaired) electrons. The van der Waals surface area contributed by atoms with Crippen LogP contribution in [0.25, 0.3) is 0 Å². The second kappa shape index (κ2) is 8.00. The zero-order chi connectivity index (χ0) is 15.2. The van der Waals surface area contributed by atoms with Gasteiger partial charge in [-0.1, -0.05) is 13.3 Å². The molecule has 1 fully saturated rings. The van der Waals surface area contributed by atoms with Crippen LogP contribution in [0.4, 0.5) is 5.82 Å². The van der Waals surface area contributed by atoms with Gasteiger partial charge in [-0.3, -0.25) is 0 Å². The molecule has 1 saturated heterocycles. The van der Waals surface area contributed by atoms with Crippen LogP contribution >= 0.6 is 11.6 Å². The molecule has 3 nitrogen and oxygen atoms in total. The minimum Gasteiger partial charge on any atom is -0.359 e. The summed E-state index contributed by atoms with van der Waals surface area (Å²) < 4.78 is 0. The SMILES string of the molecule is CCCc1cc(CCl)cc(N(C)CC2CCN(C)CC2)n1. The lowest BCUT2D eigenvalue weighted by molar-refractivity contribution is 0.222. The predicted molar refractivity (Wildman–Crippen MR) is 91.3 cm³/mol. The van der Waals surface area contributed by atoms with Gasteiger partial charge in [0.2, 0.25) is 0 Å². The van der Waals surface area contributed by atoms with E-state index in [0.717, 1.165) is 31.1 Å². The average molecular weight is 310 g/mol. The number of halogens is 1. The van der Waals surface area contributed by atoms with E-state index < -0.39 is 0 Å². The summed E-state index contributed by atoms with van der Waals surface area (Å²) in [5, 5.41) is 0. The summed E-state index contributed by atoms with van der Waals surface area (Å²) >= 11 is 6.03. The van der Waals surface area contributed by atoms with Gasteiger partial charge in [-0.15, -0.1) is 11.6 Å². The first-order chi connectivity index (χ1) is 10.1. The quantitative estimate of drug-likeness (QED) is 0.749. The smallest absolute Gasteiger partial charge is 0.128 e. The zero-order valence-corrected chi connectivity index (χ0v) is 14.4. The molecule has 0 unspecified atom stereocenters. The third-order valence-electron chi connectivity index (χ3n) is 4.35. The molecule has 0 aromatic carbocycles. The fourth-order valence-corrected chi connectivity index (χ4v) is 3.17. The lowest BCUT2D eigenvalue weighted by atomic mass is 9.96. The van der Waals surface area contributed by atoms with Crippen LogP contribution in [0.1, 0.15) is 37.4 Å². The van der Waals surface area contributed by atoms with E-state index in [4.69, 9.17) is 16.6 Å². The minimum absolute atomic E-state index is 0.564. The molecular formula is C17H28ClN3. The van der Waals surface area contributed by atoms with Crippen molar-refractivity contribution in [2.75, 3.05) is 38.6 Å². The van der Waals surface area contributed by atoms with Crippen LogP contribution in [0, 0.1) is 5.92 Å². The van der Waals surface area contributed by atoms with Crippen LogP contribution in [0.3, 0.4) is 0 Å². The van der Waals surface area contributed by atoms with E-state index in [1.165, 1.54) is 37.2 Å². The number of hydrogen-bond donors (Lipinski definition) is 0. The molecular weight excluding hydrogens is 282 g/mol. The Bertz CT molecular complexity index is 442. The molecule has 21 heavy (non-hydrogen) atoms. The highest BCUT2D eigenvalue weighted by Gasteiger charge is 2.19. The molecule has 0 N–H and O–H groups in total. The Hall–Kier alpha value is -0.800. The van der Waals surface area contributed by atoms with Gasteiger partial charge in [-0.2, -0.15) is 0 Å². The van der Waals surface area contributed by atoms with E-state index in [1.54, 1.807) is 0 Å². The van der Waals surface area contributed by atoms with Crippen molar-refractivity contribution in [1.29, 1.82) is 0 Å². The summed E-state index contributed by atoms with van der Waals surface area (Å²) in [5.41, 5.74) is 2.35. The van der Waals surface area contributed by atoms with E-state index in [2.05, 4.69) is 43.0 Å². The fourth-order valence-electron chi connectivity index (χ4n) is 3.02. The van der Waals surface area contributed by atoms with Gasteiger partial charge in [0.05, 0.1) is 0 Å². The van der Waals surface area contributed by atoms with E-state index in [1.807, 2.05) is 0 Å². The number of pyridine rings is 1. The summed E-state index contributed by atoms with van der Waals surface area (Å²) in [6.45, 7) is 5.72. The van der Waals surface area contributed by atoms with Crippen molar-refractivity contribution in [2.45, 2.75) is 38.5 Å². The van der Waals surface area contributed by atoms with Gasteiger partial charge in [-0.05, 0) is 63.0 Å². The van der Waals surface area contributed by atoms with Crippen molar-refractivity contribution in [2.24, 2.45) is 5.92 Å². The maximum absolute atomic E-state index is 6.03. The molecule has 0 amide bonds. The first kappa shape index (κ1) is 16.6. The molecule has 1 aliphatic heterocycles. The first-order valence-electron chi connectivity index (χ1n) is 8.07. The van der Waals surface area contributed by atoms with Crippen LogP contribution in [0.15, 0.2) is 12.1 Å². The molecule has 0 saturated carbocycles. The van der Waals surface area contributed by atoms with Gasteiger partial charge in [0.15, 0.2) is 0 Å². The summed E-state index contributed by atoms with van der Waals surface area (Å²) in [7, 11) is 4.37. The Morgan fingerprint density at radius 2 is 2.05 bits per heavy atom. The number of likely N-dealkylation sites (tertiary alicyclic amines) is 1. The van der Waals surface area contributed by atoms with Crippen LogP contribution in [-0.2, 0) is 12.3 Å². The molecule has 0 atom stereocenters. The Kier molecular flexibility index (Phi) is 6.31. The van der Waals surface area contributed by atoms with E-state index in [-0.39, 0.29) is 0 Å². The normalized spacial score (nSPS) is 17.1. The van der Waals surface area contributed by atoms with Crippen LogP contribution in [0.5, 0.6) is 0 Å². The van der Waals surface area contributed by atoms with Gasteiger partial charge in [0.1, 0.15) is 5.82 Å². The third-order valence-corrected chi connectivity index (χ3v) is 4.66. The second-order valence-corrected chi connectivity index (χ2v) is 6.60. The average Bonchev–Trinajstić information content (AvgIpc) is 2.49. The maximum atomic E-state index is 6.03. The van der Waals surface area contributed by atoms with Gasteiger partial charge >= 0.3 is 0 Å². The summed E-state index contributed by atoms with van der Waals surface area (Å²) in [5.74, 6) is 2.42. The van der Waals surface area contributed by atoms with Crippen molar-refractivity contribution in [3.63, 3.8) is 0 Å². The molecule has 2 rings (SSSR count). The van der Waals surface area contributed by atoms with Crippen LogP contribution in [-0.4, -0.2) is 43.6 Å². The van der Waals surface area contributed by atoms with E-state index >= 15 is 0 Å². The number of nitrogens with zero attached hydrogens (tertiary/aromatic N) is 3. The van der Waals surface area contributed by atoms with E-state index in [0.29, 0.717) is 5.88 Å². The maximum Gasteiger partial charge on any atom is 0.128 e. The van der Waals surface area contributed by atoms with Crippen molar-refractivity contribution in [3.8, 4) is 0 Å². The lowest BCUT2D eigenvalue weighted by Crippen LogP contribution is -2.36. The second-order valence-electron chi connectivity index (χ2n) is 6.34. The first-order valence-corrected chi connectivity index (χ1v) is 8.61. The molecule has 4 heteroatoms. The number of aryl methyl sites for hydroxylation is 1. The van der Waals surface area contributed by atoms with Crippen molar-refractivity contribution < 1.29 is 0 Å². The Morgan fingerprint density at radius 1 is 1.33 bits per heavy atom. The highest BCUT2D eigenvalue weighted by atomic mass is 35.5. The zero-order valence-electron chi connectivity index (χ0n) is 13.6. The Balaban J connectivity index is 2.03. The number of piperidine rings is 1. The lowest BCUT2D eigenvalue weighted by Gasteiger charge is -2.32. The molecule has 1 aliphatic rings.